The highest BCUT2D eigenvalue weighted by Gasteiger charge is 2.58. The van der Waals surface area contributed by atoms with Gasteiger partial charge in [-0.2, -0.15) is 0 Å². The van der Waals surface area contributed by atoms with Crippen LogP contribution in [-0.2, 0) is 14.3 Å². The van der Waals surface area contributed by atoms with Gasteiger partial charge in [0, 0.05) is 27.9 Å². The Morgan fingerprint density at radius 1 is 1.24 bits per heavy atom. The summed E-state index contributed by atoms with van der Waals surface area (Å²) in [6.07, 6.45) is 4.52. The van der Waals surface area contributed by atoms with Crippen LogP contribution in [-0.4, -0.2) is 24.8 Å². The van der Waals surface area contributed by atoms with Crippen LogP contribution >= 0.6 is 15.9 Å². The molecule has 25 heavy (non-hydrogen) atoms. The molecule has 3 atom stereocenters. The molecule has 4 nitrogen and oxygen atoms in total. The van der Waals surface area contributed by atoms with Gasteiger partial charge in [0.05, 0.1) is 18.9 Å². The molecule has 1 saturated heterocycles. The van der Waals surface area contributed by atoms with Crippen molar-refractivity contribution in [3.63, 3.8) is 0 Å². The number of ether oxygens (including phenoxy) is 2. The van der Waals surface area contributed by atoms with Gasteiger partial charge < -0.3 is 14.8 Å². The first-order valence-corrected chi connectivity index (χ1v) is 9.79. The summed E-state index contributed by atoms with van der Waals surface area (Å²) in [5.74, 6) is 0.192. The summed E-state index contributed by atoms with van der Waals surface area (Å²) >= 11 is 3.48. The summed E-state index contributed by atoms with van der Waals surface area (Å²) in [6.45, 7) is 5.62. The zero-order chi connectivity index (χ0) is 17.7. The zero-order valence-corrected chi connectivity index (χ0v) is 16.3. The Hall–Kier alpha value is -1.17. The predicted octanol–water partition coefficient (Wildman–Crippen LogP) is 4.51. The average molecular weight is 406 g/mol. The Balaban J connectivity index is 1.60. The average Bonchev–Trinajstić information content (AvgIpc) is 3.06. The van der Waals surface area contributed by atoms with E-state index in [1.54, 1.807) is 0 Å². The molecule has 0 radical (unpaired) electrons. The van der Waals surface area contributed by atoms with Crippen molar-refractivity contribution < 1.29 is 14.3 Å². The number of ketones is 1. The van der Waals surface area contributed by atoms with Gasteiger partial charge in [0.2, 0.25) is 0 Å². The van der Waals surface area contributed by atoms with E-state index in [9.17, 15) is 4.79 Å². The zero-order valence-electron chi connectivity index (χ0n) is 14.7. The molecule has 0 aromatic heterocycles. The summed E-state index contributed by atoms with van der Waals surface area (Å²) in [5, 5.41) is 3.32. The second-order valence-corrected chi connectivity index (χ2v) is 8.56. The molecule has 0 unspecified atom stereocenters. The maximum Gasteiger partial charge on any atom is 0.184 e. The van der Waals surface area contributed by atoms with Crippen molar-refractivity contribution in [2.75, 3.05) is 18.5 Å². The molecule has 134 valence electrons. The van der Waals surface area contributed by atoms with Gasteiger partial charge in [0.25, 0.3) is 0 Å². The summed E-state index contributed by atoms with van der Waals surface area (Å²) < 4.78 is 13.0. The van der Waals surface area contributed by atoms with Crippen LogP contribution in [0, 0.1) is 17.3 Å². The second-order valence-electron chi connectivity index (χ2n) is 7.64. The Morgan fingerprint density at radius 2 is 2.00 bits per heavy atom. The molecule has 2 fully saturated rings. The lowest BCUT2D eigenvalue weighted by Gasteiger charge is -2.52. The number of carbonyl (C=O) groups is 1. The van der Waals surface area contributed by atoms with Crippen LogP contribution in [0.4, 0.5) is 5.69 Å². The van der Waals surface area contributed by atoms with E-state index in [0.29, 0.717) is 18.9 Å². The molecule has 5 heteroatoms. The summed E-state index contributed by atoms with van der Waals surface area (Å²) in [6, 6.07) is 7.91. The van der Waals surface area contributed by atoms with Gasteiger partial charge in [-0.05, 0) is 37.0 Å². The minimum Gasteiger partial charge on any atom is -0.353 e. The molecule has 1 spiro atoms. The number of hydrogen-bond acceptors (Lipinski definition) is 4. The van der Waals surface area contributed by atoms with Crippen molar-refractivity contribution in [3.8, 4) is 0 Å². The first-order chi connectivity index (χ1) is 11.9. The van der Waals surface area contributed by atoms with Crippen molar-refractivity contribution in [1.82, 2.24) is 0 Å². The highest BCUT2D eigenvalue weighted by atomic mass is 79.9. The number of carbonyl (C=O) groups excluding carboxylic acids is 1. The van der Waals surface area contributed by atoms with Crippen LogP contribution in [0.1, 0.15) is 33.1 Å². The largest absolute Gasteiger partial charge is 0.353 e. The summed E-state index contributed by atoms with van der Waals surface area (Å²) in [4.78, 5) is 13.3. The van der Waals surface area contributed by atoms with Gasteiger partial charge >= 0.3 is 0 Å². The molecule has 3 aliphatic rings. The minimum atomic E-state index is -0.479. The number of hydrogen-bond donors (Lipinski definition) is 1. The number of allylic oxidation sites excluding steroid dienone is 2. The van der Waals surface area contributed by atoms with Gasteiger partial charge in [-0.1, -0.05) is 41.9 Å². The van der Waals surface area contributed by atoms with Crippen molar-refractivity contribution >= 4 is 27.4 Å². The van der Waals surface area contributed by atoms with Crippen LogP contribution in [0.3, 0.4) is 0 Å². The Bertz CT molecular complexity index is 725. The smallest absolute Gasteiger partial charge is 0.184 e. The number of benzene rings is 1. The first kappa shape index (κ1) is 17.3. The fourth-order valence-corrected chi connectivity index (χ4v) is 5.20. The van der Waals surface area contributed by atoms with Gasteiger partial charge in [0.15, 0.2) is 11.6 Å². The summed E-state index contributed by atoms with van der Waals surface area (Å²) in [5.41, 5.74) is 1.29. The molecule has 0 amide bonds. The molecule has 1 aromatic carbocycles. The fraction of sp³-hybridized carbons (Fsp3) is 0.550. The highest BCUT2D eigenvalue weighted by molar-refractivity contribution is 9.10. The topological polar surface area (TPSA) is 47.6 Å². The van der Waals surface area contributed by atoms with E-state index >= 15 is 0 Å². The van der Waals surface area contributed by atoms with Crippen molar-refractivity contribution in [2.24, 2.45) is 17.3 Å². The lowest BCUT2D eigenvalue weighted by atomic mass is 9.55. The van der Waals surface area contributed by atoms with E-state index in [1.807, 2.05) is 24.3 Å². The minimum absolute atomic E-state index is 0.210. The third-order valence-corrected chi connectivity index (χ3v) is 6.82. The van der Waals surface area contributed by atoms with Crippen LogP contribution in [0.5, 0.6) is 0 Å². The number of fused-ring (bicyclic) bond motifs is 1. The van der Waals surface area contributed by atoms with Crippen LogP contribution in [0.25, 0.3) is 0 Å². The quantitative estimate of drug-likeness (QED) is 0.785. The van der Waals surface area contributed by atoms with Gasteiger partial charge in [-0.25, -0.2) is 0 Å². The monoisotopic (exact) mass is 405 g/mol. The van der Waals surface area contributed by atoms with E-state index in [0.717, 1.165) is 29.4 Å². The van der Waals surface area contributed by atoms with Gasteiger partial charge in [0.1, 0.15) is 0 Å². The molecule has 1 heterocycles. The van der Waals surface area contributed by atoms with E-state index < -0.39 is 5.79 Å². The number of rotatable bonds is 2. The molecule has 1 saturated carbocycles. The third-order valence-electron chi connectivity index (χ3n) is 6.33. The molecule has 4 rings (SSSR count). The van der Waals surface area contributed by atoms with E-state index in [-0.39, 0.29) is 23.0 Å². The lowest BCUT2D eigenvalue weighted by molar-refractivity contribution is -0.239. The summed E-state index contributed by atoms with van der Waals surface area (Å²) in [7, 11) is 0. The maximum absolute atomic E-state index is 13.3. The number of Topliss-reactive ketones (excluding diaryl/α,β-unsaturated/α-hetero) is 1. The maximum atomic E-state index is 13.3. The highest BCUT2D eigenvalue weighted by Crippen LogP contribution is 2.55. The SMILES string of the molecule is C[C@H]1[C@@H]2CC=C(Nc3cccc(Br)c3)C(=O)[C@@]2(C)CCC12OCCO2. The number of anilines is 1. The molecule has 2 aliphatic carbocycles. The van der Waals surface area contributed by atoms with E-state index in [2.05, 4.69) is 41.2 Å². The normalized spacial score (nSPS) is 33.9. The first-order valence-electron chi connectivity index (χ1n) is 9.00. The molecule has 1 aliphatic heterocycles. The lowest BCUT2D eigenvalue weighted by Crippen LogP contribution is -2.56. The van der Waals surface area contributed by atoms with E-state index in [4.69, 9.17) is 9.47 Å². The number of halogens is 1. The Kier molecular flexibility index (Phi) is 4.29. The third kappa shape index (κ3) is 2.77. The molecule has 0 bridgehead atoms. The van der Waals surface area contributed by atoms with Gasteiger partial charge in [-0.3, -0.25) is 4.79 Å². The fourth-order valence-electron chi connectivity index (χ4n) is 4.80. The van der Waals surface area contributed by atoms with Crippen LogP contribution in [0.15, 0.2) is 40.5 Å². The van der Waals surface area contributed by atoms with Crippen molar-refractivity contribution in [3.05, 3.63) is 40.5 Å². The van der Waals surface area contributed by atoms with Crippen LogP contribution in [0.2, 0.25) is 0 Å². The Morgan fingerprint density at radius 3 is 2.72 bits per heavy atom. The standard InChI is InChI=1S/C20H24BrNO3/c1-13-16-6-7-17(22-15-5-3-4-14(21)12-15)18(23)19(16,2)8-9-20(13)24-10-11-25-20/h3-5,7,12-13,16,22H,6,8-11H2,1-2H3/t13-,16-,19-/m0/s1. The number of nitrogens with one attached hydrogen (secondary N) is 1. The van der Waals surface area contributed by atoms with E-state index in [1.165, 1.54) is 0 Å². The molecule has 1 aromatic rings. The van der Waals surface area contributed by atoms with Crippen LogP contribution < -0.4 is 5.32 Å². The van der Waals surface area contributed by atoms with Crippen molar-refractivity contribution in [1.29, 1.82) is 0 Å². The molecular weight excluding hydrogens is 382 g/mol. The Labute approximate surface area is 157 Å². The second kappa shape index (κ2) is 6.22. The molecular formula is C20H24BrNO3. The van der Waals surface area contributed by atoms with Gasteiger partial charge in [-0.15, -0.1) is 0 Å². The van der Waals surface area contributed by atoms with Crippen molar-refractivity contribution in [2.45, 2.75) is 38.9 Å². The molecule has 1 N–H and O–H groups in total. The predicted molar refractivity (Wildman–Crippen MR) is 100 cm³/mol.